The fourth-order valence-electron chi connectivity index (χ4n) is 2.82. The van der Waals surface area contributed by atoms with Gasteiger partial charge in [-0.2, -0.15) is 0 Å². The second-order valence-corrected chi connectivity index (χ2v) is 6.00. The molecule has 24 heavy (non-hydrogen) atoms. The minimum Gasteiger partial charge on any atom is -0.387 e. The monoisotopic (exact) mass is 323 g/mol. The Morgan fingerprint density at radius 2 is 2.00 bits per heavy atom. The first-order chi connectivity index (χ1) is 11.5. The molecule has 2 N–H and O–H groups in total. The molecule has 0 saturated carbocycles. The highest BCUT2D eigenvalue weighted by Gasteiger charge is 2.14. The Bertz CT molecular complexity index is 899. The van der Waals surface area contributed by atoms with E-state index in [2.05, 4.69) is 10.3 Å². The number of aliphatic hydroxyl groups is 1. The van der Waals surface area contributed by atoms with Gasteiger partial charge in [0.2, 0.25) is 0 Å². The number of hydrogen-bond acceptors (Lipinski definition) is 3. The highest BCUT2D eigenvalue weighted by molar-refractivity contribution is 5.97. The van der Waals surface area contributed by atoms with Gasteiger partial charge in [-0.3, -0.25) is 4.79 Å². The lowest BCUT2D eigenvalue weighted by Crippen LogP contribution is -2.28. The van der Waals surface area contributed by atoms with Crippen LogP contribution in [-0.2, 0) is 7.05 Å². The third-order valence-electron chi connectivity index (χ3n) is 4.37. The van der Waals surface area contributed by atoms with Crippen molar-refractivity contribution in [2.24, 2.45) is 7.05 Å². The maximum atomic E-state index is 12.3. The molecule has 0 aliphatic heterocycles. The Labute approximate surface area is 141 Å². The maximum Gasteiger partial charge on any atom is 0.251 e. The zero-order valence-electron chi connectivity index (χ0n) is 14.1. The van der Waals surface area contributed by atoms with Crippen LogP contribution in [0.3, 0.4) is 0 Å². The molecule has 3 rings (SSSR count). The van der Waals surface area contributed by atoms with Gasteiger partial charge < -0.3 is 15.0 Å². The van der Waals surface area contributed by atoms with Crippen LogP contribution in [-0.4, -0.2) is 27.1 Å². The second kappa shape index (κ2) is 6.45. The lowest BCUT2D eigenvalue weighted by molar-refractivity contribution is 0.0916. The van der Waals surface area contributed by atoms with Crippen LogP contribution < -0.4 is 5.32 Å². The molecule has 1 unspecified atom stereocenters. The number of amides is 1. The highest BCUT2D eigenvalue weighted by Crippen LogP contribution is 2.18. The van der Waals surface area contributed by atoms with Gasteiger partial charge in [-0.1, -0.05) is 24.3 Å². The van der Waals surface area contributed by atoms with E-state index >= 15 is 0 Å². The highest BCUT2D eigenvalue weighted by atomic mass is 16.3. The zero-order valence-corrected chi connectivity index (χ0v) is 14.1. The van der Waals surface area contributed by atoms with E-state index in [0.29, 0.717) is 5.56 Å². The Kier molecular flexibility index (Phi) is 4.36. The molecule has 5 heteroatoms. The van der Waals surface area contributed by atoms with Gasteiger partial charge in [0.15, 0.2) is 0 Å². The summed E-state index contributed by atoms with van der Waals surface area (Å²) < 4.78 is 1.99. The van der Waals surface area contributed by atoms with Gasteiger partial charge in [0.1, 0.15) is 5.82 Å². The first-order valence-corrected chi connectivity index (χ1v) is 7.92. The molecule has 1 atom stereocenters. The van der Waals surface area contributed by atoms with Crippen molar-refractivity contribution in [3.8, 4) is 0 Å². The standard InChI is InChI=1S/C19H21N3O2/c1-12-6-4-5-7-15(12)18(23)11-20-19(24)14-8-9-17-16(10-14)21-13(2)22(17)3/h4-10,18,23H,11H2,1-3H3,(H,20,24). The summed E-state index contributed by atoms with van der Waals surface area (Å²) in [4.78, 5) is 16.8. The van der Waals surface area contributed by atoms with Crippen LogP contribution >= 0.6 is 0 Å². The van der Waals surface area contributed by atoms with Crippen LogP contribution in [0.25, 0.3) is 11.0 Å². The molecule has 3 aromatic rings. The fraction of sp³-hybridized carbons (Fsp3) is 0.263. The lowest BCUT2D eigenvalue weighted by atomic mass is 10.0. The number of aryl methyl sites for hydroxylation is 3. The van der Waals surface area contributed by atoms with E-state index < -0.39 is 6.10 Å². The number of fused-ring (bicyclic) bond motifs is 1. The first kappa shape index (κ1) is 16.2. The van der Waals surface area contributed by atoms with Gasteiger partial charge in [-0.15, -0.1) is 0 Å². The minimum absolute atomic E-state index is 0.170. The smallest absolute Gasteiger partial charge is 0.251 e. The molecule has 1 aromatic heterocycles. The van der Waals surface area contributed by atoms with E-state index in [1.54, 1.807) is 12.1 Å². The van der Waals surface area contributed by atoms with E-state index in [1.165, 1.54) is 0 Å². The predicted molar refractivity (Wildman–Crippen MR) is 93.9 cm³/mol. The van der Waals surface area contributed by atoms with E-state index in [4.69, 9.17) is 0 Å². The molecule has 0 radical (unpaired) electrons. The molecule has 124 valence electrons. The fourth-order valence-corrected chi connectivity index (χ4v) is 2.82. The molecular weight excluding hydrogens is 302 g/mol. The van der Waals surface area contributed by atoms with Crippen molar-refractivity contribution < 1.29 is 9.90 Å². The first-order valence-electron chi connectivity index (χ1n) is 7.92. The summed E-state index contributed by atoms with van der Waals surface area (Å²) in [7, 11) is 1.95. The number of aliphatic hydroxyl groups excluding tert-OH is 1. The van der Waals surface area contributed by atoms with Gasteiger partial charge in [-0.25, -0.2) is 4.98 Å². The van der Waals surface area contributed by atoms with Crippen molar-refractivity contribution >= 4 is 16.9 Å². The molecule has 0 fully saturated rings. The molecule has 1 amide bonds. The summed E-state index contributed by atoms with van der Waals surface area (Å²) in [6.45, 7) is 4.04. The number of hydrogen-bond donors (Lipinski definition) is 2. The number of imidazole rings is 1. The molecular formula is C19H21N3O2. The number of benzene rings is 2. The number of nitrogens with one attached hydrogen (secondary N) is 1. The van der Waals surface area contributed by atoms with E-state index in [9.17, 15) is 9.90 Å². The summed E-state index contributed by atoms with van der Waals surface area (Å²) in [6.07, 6.45) is -0.726. The Morgan fingerprint density at radius 3 is 2.75 bits per heavy atom. The molecule has 5 nitrogen and oxygen atoms in total. The van der Waals surface area contributed by atoms with Gasteiger partial charge in [-0.05, 0) is 43.2 Å². The number of rotatable bonds is 4. The van der Waals surface area contributed by atoms with E-state index in [-0.39, 0.29) is 12.5 Å². The van der Waals surface area contributed by atoms with Gasteiger partial charge in [0, 0.05) is 19.2 Å². The minimum atomic E-state index is -0.726. The molecule has 0 bridgehead atoms. The van der Waals surface area contributed by atoms with Crippen LogP contribution in [0.5, 0.6) is 0 Å². The van der Waals surface area contributed by atoms with E-state index in [1.807, 2.05) is 55.8 Å². The summed E-state index contributed by atoms with van der Waals surface area (Å²) in [5.74, 6) is 0.686. The van der Waals surface area contributed by atoms with Crippen molar-refractivity contribution in [1.82, 2.24) is 14.9 Å². The molecule has 0 aliphatic rings. The van der Waals surface area contributed by atoms with Crippen molar-refractivity contribution in [3.05, 3.63) is 65.0 Å². The summed E-state index contributed by atoms with van der Waals surface area (Å²) in [5, 5.41) is 13.1. The van der Waals surface area contributed by atoms with Crippen molar-refractivity contribution in [3.63, 3.8) is 0 Å². The SMILES string of the molecule is Cc1ccccc1C(O)CNC(=O)c1ccc2c(c1)nc(C)n2C. The Balaban J connectivity index is 1.72. The summed E-state index contributed by atoms with van der Waals surface area (Å²) >= 11 is 0. The van der Waals surface area contributed by atoms with Gasteiger partial charge >= 0.3 is 0 Å². The van der Waals surface area contributed by atoms with Crippen LogP contribution in [0.2, 0.25) is 0 Å². The number of carbonyl (C=O) groups excluding carboxylic acids is 1. The second-order valence-electron chi connectivity index (χ2n) is 6.00. The average molecular weight is 323 g/mol. The lowest BCUT2D eigenvalue weighted by Gasteiger charge is -2.14. The number of aromatic nitrogens is 2. The van der Waals surface area contributed by atoms with Gasteiger partial charge in [0.05, 0.1) is 17.1 Å². The summed E-state index contributed by atoms with van der Waals surface area (Å²) in [6, 6.07) is 13.1. The van der Waals surface area contributed by atoms with E-state index in [0.717, 1.165) is 28.0 Å². The van der Waals surface area contributed by atoms with Crippen LogP contribution in [0.15, 0.2) is 42.5 Å². The third kappa shape index (κ3) is 3.03. The predicted octanol–water partition coefficient (Wildman–Crippen LogP) is 2.65. The number of carbonyl (C=O) groups is 1. The van der Waals surface area contributed by atoms with Crippen molar-refractivity contribution in [1.29, 1.82) is 0 Å². The van der Waals surface area contributed by atoms with Crippen LogP contribution in [0.4, 0.5) is 0 Å². The Morgan fingerprint density at radius 1 is 1.25 bits per heavy atom. The molecule has 0 spiro atoms. The molecule has 0 saturated heterocycles. The normalized spacial score (nSPS) is 12.3. The topological polar surface area (TPSA) is 67.2 Å². The van der Waals surface area contributed by atoms with Crippen molar-refractivity contribution in [2.75, 3.05) is 6.54 Å². The third-order valence-corrected chi connectivity index (χ3v) is 4.37. The quantitative estimate of drug-likeness (QED) is 0.776. The largest absolute Gasteiger partial charge is 0.387 e. The van der Waals surface area contributed by atoms with Crippen LogP contribution in [0.1, 0.15) is 33.4 Å². The Hall–Kier alpha value is -2.66. The molecule has 1 heterocycles. The van der Waals surface area contributed by atoms with Crippen molar-refractivity contribution in [2.45, 2.75) is 20.0 Å². The zero-order chi connectivity index (χ0) is 17.3. The average Bonchev–Trinajstić information content (AvgIpc) is 2.86. The summed E-state index contributed by atoms with van der Waals surface area (Å²) in [5.41, 5.74) is 4.15. The molecule has 2 aromatic carbocycles. The molecule has 0 aliphatic carbocycles. The van der Waals surface area contributed by atoms with Gasteiger partial charge in [0.25, 0.3) is 5.91 Å². The number of nitrogens with zero attached hydrogens (tertiary/aromatic N) is 2. The maximum absolute atomic E-state index is 12.3. The van der Waals surface area contributed by atoms with Crippen LogP contribution in [0, 0.1) is 13.8 Å².